The SMILES string of the molecule is O=C(CN(c1ccccc1)S(=O)(=O)c1ccc(F)cc1)NC1CCCCCCC1. The fourth-order valence-corrected chi connectivity index (χ4v) is 5.07. The maximum Gasteiger partial charge on any atom is 0.264 e. The Morgan fingerprint density at radius 2 is 1.52 bits per heavy atom. The Balaban J connectivity index is 1.80. The van der Waals surface area contributed by atoms with Crippen molar-refractivity contribution in [1.29, 1.82) is 0 Å². The number of anilines is 1. The Labute approximate surface area is 172 Å². The van der Waals surface area contributed by atoms with E-state index < -0.39 is 15.8 Å². The summed E-state index contributed by atoms with van der Waals surface area (Å²) in [7, 11) is -4.01. The van der Waals surface area contributed by atoms with Gasteiger partial charge in [-0.1, -0.05) is 50.3 Å². The number of rotatable bonds is 6. The molecule has 0 bridgehead atoms. The van der Waals surface area contributed by atoms with Crippen molar-refractivity contribution in [3.8, 4) is 0 Å². The lowest BCUT2D eigenvalue weighted by atomic mass is 9.97. The van der Waals surface area contributed by atoms with E-state index in [2.05, 4.69) is 5.32 Å². The van der Waals surface area contributed by atoms with Crippen molar-refractivity contribution in [2.24, 2.45) is 0 Å². The summed E-state index contributed by atoms with van der Waals surface area (Å²) in [6.07, 6.45) is 7.55. The molecule has 0 heterocycles. The van der Waals surface area contributed by atoms with Crippen LogP contribution in [-0.4, -0.2) is 26.9 Å². The van der Waals surface area contributed by atoms with Crippen LogP contribution in [0.1, 0.15) is 44.9 Å². The van der Waals surface area contributed by atoms with Gasteiger partial charge < -0.3 is 5.32 Å². The second-order valence-corrected chi connectivity index (χ2v) is 9.27. The summed E-state index contributed by atoms with van der Waals surface area (Å²) in [5, 5.41) is 3.01. The highest BCUT2D eigenvalue weighted by Gasteiger charge is 2.28. The molecule has 1 N–H and O–H groups in total. The van der Waals surface area contributed by atoms with E-state index in [9.17, 15) is 17.6 Å². The summed E-state index contributed by atoms with van der Waals surface area (Å²) in [4.78, 5) is 12.7. The van der Waals surface area contributed by atoms with Gasteiger partial charge in [0.2, 0.25) is 5.91 Å². The van der Waals surface area contributed by atoms with Gasteiger partial charge in [0.25, 0.3) is 10.0 Å². The third kappa shape index (κ3) is 5.79. The fraction of sp³-hybridized carbons (Fsp3) is 0.409. The van der Waals surface area contributed by atoms with Gasteiger partial charge in [-0.15, -0.1) is 0 Å². The zero-order chi connectivity index (χ0) is 20.7. The van der Waals surface area contributed by atoms with Gasteiger partial charge in [0.05, 0.1) is 10.6 Å². The number of nitrogens with zero attached hydrogens (tertiary/aromatic N) is 1. The number of halogens is 1. The van der Waals surface area contributed by atoms with Crippen LogP contribution in [0.3, 0.4) is 0 Å². The Kier molecular flexibility index (Phi) is 7.25. The molecule has 0 atom stereocenters. The lowest BCUT2D eigenvalue weighted by molar-refractivity contribution is -0.120. The smallest absolute Gasteiger partial charge is 0.264 e. The number of amides is 1. The maximum absolute atomic E-state index is 13.3. The van der Waals surface area contributed by atoms with Crippen molar-refractivity contribution in [3.63, 3.8) is 0 Å². The molecule has 1 aliphatic carbocycles. The minimum atomic E-state index is -4.01. The van der Waals surface area contributed by atoms with Gasteiger partial charge in [-0.05, 0) is 49.2 Å². The van der Waals surface area contributed by atoms with Crippen molar-refractivity contribution in [1.82, 2.24) is 5.32 Å². The summed E-state index contributed by atoms with van der Waals surface area (Å²) in [6, 6.07) is 13.2. The molecule has 0 aromatic heterocycles. The van der Waals surface area contributed by atoms with E-state index in [0.29, 0.717) is 5.69 Å². The number of hydrogen-bond donors (Lipinski definition) is 1. The summed E-state index contributed by atoms with van der Waals surface area (Å²) in [5.41, 5.74) is 0.393. The standard InChI is InChI=1S/C22H27FN2O3S/c23-18-13-15-21(16-14-18)29(27,28)25(20-11-7-4-8-12-20)17-22(26)24-19-9-5-2-1-3-6-10-19/h4,7-8,11-16,19H,1-3,5-6,9-10,17H2,(H,24,26). The molecule has 0 spiro atoms. The molecule has 0 unspecified atom stereocenters. The Morgan fingerprint density at radius 3 is 2.14 bits per heavy atom. The first-order chi connectivity index (χ1) is 14.0. The number of benzene rings is 2. The monoisotopic (exact) mass is 418 g/mol. The Morgan fingerprint density at radius 1 is 0.931 bits per heavy atom. The predicted octanol–water partition coefficient (Wildman–Crippen LogP) is 4.25. The van der Waals surface area contributed by atoms with Crippen molar-refractivity contribution >= 4 is 21.6 Å². The molecule has 29 heavy (non-hydrogen) atoms. The van der Waals surface area contributed by atoms with Crippen LogP contribution in [0.2, 0.25) is 0 Å². The van der Waals surface area contributed by atoms with E-state index in [1.54, 1.807) is 30.3 Å². The normalized spacial score (nSPS) is 15.9. The maximum atomic E-state index is 13.3. The van der Waals surface area contributed by atoms with E-state index in [1.807, 2.05) is 0 Å². The number of nitrogens with one attached hydrogen (secondary N) is 1. The third-order valence-corrected chi connectivity index (χ3v) is 6.99. The van der Waals surface area contributed by atoms with Crippen LogP contribution in [0.25, 0.3) is 0 Å². The van der Waals surface area contributed by atoms with Crippen molar-refractivity contribution in [2.75, 3.05) is 10.8 Å². The van der Waals surface area contributed by atoms with Crippen molar-refractivity contribution in [3.05, 3.63) is 60.4 Å². The van der Waals surface area contributed by atoms with Gasteiger partial charge in [0.1, 0.15) is 12.4 Å². The zero-order valence-corrected chi connectivity index (χ0v) is 17.2. The summed E-state index contributed by atoms with van der Waals surface area (Å²) in [5.74, 6) is -0.845. The van der Waals surface area contributed by atoms with E-state index in [-0.39, 0.29) is 23.4 Å². The second-order valence-electron chi connectivity index (χ2n) is 7.41. The molecule has 156 valence electrons. The zero-order valence-electron chi connectivity index (χ0n) is 16.4. The molecule has 5 nitrogen and oxygen atoms in total. The first kappa shape index (κ1) is 21.3. The van der Waals surface area contributed by atoms with Crippen LogP contribution in [0.4, 0.5) is 10.1 Å². The molecule has 3 rings (SSSR count). The van der Waals surface area contributed by atoms with Crippen LogP contribution in [0, 0.1) is 5.82 Å². The fourth-order valence-electron chi connectivity index (χ4n) is 3.65. The quantitative estimate of drug-likeness (QED) is 0.763. The van der Waals surface area contributed by atoms with Crippen molar-refractivity contribution < 1.29 is 17.6 Å². The third-order valence-electron chi connectivity index (χ3n) is 5.20. The van der Waals surface area contributed by atoms with Crippen LogP contribution >= 0.6 is 0 Å². The lowest BCUT2D eigenvalue weighted by Gasteiger charge is -2.26. The molecule has 1 amide bonds. The average Bonchev–Trinajstić information content (AvgIpc) is 2.69. The second kappa shape index (κ2) is 9.87. The molecular formula is C22H27FN2O3S. The van der Waals surface area contributed by atoms with E-state index in [0.717, 1.165) is 42.1 Å². The van der Waals surface area contributed by atoms with Crippen LogP contribution < -0.4 is 9.62 Å². The Bertz CT molecular complexity index is 893. The van der Waals surface area contributed by atoms with Crippen LogP contribution in [0.5, 0.6) is 0 Å². The molecule has 1 aliphatic rings. The van der Waals surface area contributed by atoms with Gasteiger partial charge in [-0.3, -0.25) is 9.10 Å². The molecule has 2 aromatic carbocycles. The number of hydrogen-bond acceptors (Lipinski definition) is 3. The lowest BCUT2D eigenvalue weighted by Crippen LogP contribution is -2.44. The predicted molar refractivity (Wildman–Crippen MR) is 112 cm³/mol. The molecule has 0 saturated heterocycles. The number of para-hydroxylation sites is 1. The number of sulfonamides is 1. The van der Waals surface area contributed by atoms with Gasteiger partial charge in [-0.25, -0.2) is 12.8 Å². The van der Waals surface area contributed by atoms with Gasteiger partial charge in [0.15, 0.2) is 0 Å². The van der Waals surface area contributed by atoms with E-state index in [1.165, 1.54) is 31.4 Å². The minimum Gasteiger partial charge on any atom is -0.352 e. The molecular weight excluding hydrogens is 391 g/mol. The van der Waals surface area contributed by atoms with Gasteiger partial charge >= 0.3 is 0 Å². The van der Waals surface area contributed by atoms with E-state index in [4.69, 9.17) is 0 Å². The van der Waals surface area contributed by atoms with Crippen LogP contribution in [0.15, 0.2) is 59.5 Å². The molecule has 0 aliphatic heterocycles. The molecule has 7 heteroatoms. The first-order valence-corrected chi connectivity index (χ1v) is 11.5. The van der Waals surface area contributed by atoms with Crippen molar-refractivity contribution in [2.45, 2.75) is 55.9 Å². The largest absolute Gasteiger partial charge is 0.352 e. The highest BCUT2D eigenvalue weighted by Crippen LogP contribution is 2.24. The number of carbonyl (C=O) groups is 1. The van der Waals surface area contributed by atoms with E-state index >= 15 is 0 Å². The topological polar surface area (TPSA) is 66.5 Å². The molecule has 0 radical (unpaired) electrons. The molecule has 2 aromatic rings. The summed E-state index contributed by atoms with van der Waals surface area (Å²) < 4.78 is 40.7. The van der Waals surface area contributed by atoms with Crippen LogP contribution in [-0.2, 0) is 14.8 Å². The molecule has 1 fully saturated rings. The summed E-state index contributed by atoms with van der Waals surface area (Å²) in [6.45, 7) is -0.319. The highest BCUT2D eigenvalue weighted by atomic mass is 32.2. The summed E-state index contributed by atoms with van der Waals surface area (Å²) >= 11 is 0. The highest BCUT2D eigenvalue weighted by molar-refractivity contribution is 7.92. The number of carbonyl (C=O) groups excluding carboxylic acids is 1. The minimum absolute atomic E-state index is 0.0542. The van der Waals surface area contributed by atoms with Gasteiger partial charge in [-0.2, -0.15) is 0 Å². The first-order valence-electron chi connectivity index (χ1n) is 10.1. The molecule has 1 saturated carbocycles. The average molecular weight is 419 g/mol. The van der Waals surface area contributed by atoms with Gasteiger partial charge in [0, 0.05) is 6.04 Å². The Hall–Kier alpha value is -2.41.